The highest BCUT2D eigenvalue weighted by Crippen LogP contribution is 2.17. The maximum atomic E-state index is 12.2. The minimum Gasteiger partial charge on any atom is -0.481 e. The van der Waals surface area contributed by atoms with E-state index < -0.39 is 11.9 Å². The summed E-state index contributed by atoms with van der Waals surface area (Å²) in [5.74, 6) is -1.48. The fraction of sp³-hybridized carbons (Fsp3) is 0.467. The summed E-state index contributed by atoms with van der Waals surface area (Å²) in [4.78, 5) is 24.7. The summed E-state index contributed by atoms with van der Waals surface area (Å²) in [5, 5.41) is 9.00. The van der Waals surface area contributed by atoms with Crippen LogP contribution in [0.3, 0.4) is 0 Å². The Balaban J connectivity index is 2.85. The first-order chi connectivity index (χ1) is 9.06. The molecule has 0 aliphatic heterocycles. The van der Waals surface area contributed by atoms with E-state index in [1.807, 2.05) is 37.3 Å². The second-order valence-electron chi connectivity index (χ2n) is 4.68. The molecule has 0 spiro atoms. The van der Waals surface area contributed by atoms with Crippen LogP contribution in [0.25, 0.3) is 0 Å². The third kappa shape index (κ3) is 4.73. The lowest BCUT2D eigenvalue weighted by Gasteiger charge is -2.24. The molecule has 1 unspecified atom stereocenters. The van der Waals surface area contributed by atoms with Crippen LogP contribution in [-0.4, -0.2) is 23.5 Å². The largest absolute Gasteiger partial charge is 0.481 e. The number of unbranched alkanes of at least 4 members (excludes halogenated alkanes) is 1. The third-order valence-corrected chi connectivity index (χ3v) is 2.99. The highest BCUT2D eigenvalue weighted by Gasteiger charge is 2.21. The number of carboxylic acid groups (broad SMARTS) is 1. The second-order valence-corrected chi connectivity index (χ2v) is 4.68. The van der Waals surface area contributed by atoms with Gasteiger partial charge in [-0.15, -0.1) is 0 Å². The Kier molecular flexibility index (Phi) is 6.06. The first-order valence-electron chi connectivity index (χ1n) is 6.64. The number of anilines is 1. The van der Waals surface area contributed by atoms with E-state index in [-0.39, 0.29) is 12.5 Å². The average molecular weight is 263 g/mol. The Labute approximate surface area is 114 Å². The summed E-state index contributed by atoms with van der Waals surface area (Å²) in [6.45, 7) is 3.85. The van der Waals surface area contributed by atoms with Gasteiger partial charge in [0.15, 0.2) is 0 Å². The predicted octanol–water partition coefficient (Wildman–Crippen LogP) is 2.93. The van der Waals surface area contributed by atoms with Crippen molar-refractivity contribution in [2.24, 2.45) is 5.92 Å². The van der Waals surface area contributed by atoms with E-state index in [2.05, 4.69) is 0 Å². The molecule has 19 heavy (non-hydrogen) atoms. The van der Waals surface area contributed by atoms with Crippen molar-refractivity contribution in [3.63, 3.8) is 0 Å². The fourth-order valence-corrected chi connectivity index (χ4v) is 1.77. The van der Waals surface area contributed by atoms with Crippen LogP contribution in [0, 0.1) is 5.92 Å². The van der Waals surface area contributed by atoms with E-state index in [0.29, 0.717) is 6.42 Å². The van der Waals surface area contributed by atoms with Crippen LogP contribution < -0.4 is 4.90 Å². The minimum atomic E-state index is -0.885. The number of hydrogen-bond acceptors (Lipinski definition) is 2. The normalized spacial score (nSPS) is 11.9. The Morgan fingerprint density at radius 2 is 1.89 bits per heavy atom. The molecule has 0 bridgehead atoms. The molecule has 0 saturated carbocycles. The molecule has 0 heterocycles. The molecule has 4 heteroatoms. The zero-order valence-corrected chi connectivity index (χ0v) is 11.5. The minimum absolute atomic E-state index is 0.0128. The van der Waals surface area contributed by atoms with Gasteiger partial charge in [0.25, 0.3) is 0 Å². The van der Waals surface area contributed by atoms with Gasteiger partial charge in [-0.2, -0.15) is 0 Å². The molecule has 1 amide bonds. The fourth-order valence-electron chi connectivity index (χ4n) is 1.77. The molecule has 0 aliphatic carbocycles. The number of aliphatic carboxylic acids is 1. The number of carboxylic acids is 1. The molecular formula is C15H21NO3. The number of nitrogens with zero attached hydrogens (tertiary/aromatic N) is 1. The third-order valence-electron chi connectivity index (χ3n) is 2.99. The van der Waals surface area contributed by atoms with Crippen molar-refractivity contribution in [1.29, 1.82) is 0 Å². The van der Waals surface area contributed by atoms with Gasteiger partial charge < -0.3 is 10.0 Å². The van der Waals surface area contributed by atoms with Crippen LogP contribution in [0.15, 0.2) is 30.3 Å². The number of hydrogen-bond donors (Lipinski definition) is 1. The van der Waals surface area contributed by atoms with Crippen LogP contribution in [0.5, 0.6) is 0 Å². The maximum Gasteiger partial charge on any atom is 0.308 e. The Morgan fingerprint density at radius 3 is 2.42 bits per heavy atom. The summed E-state index contributed by atoms with van der Waals surface area (Å²) < 4.78 is 0. The number of para-hydroxylation sites is 1. The maximum absolute atomic E-state index is 12.2. The quantitative estimate of drug-likeness (QED) is 0.822. The molecule has 1 rings (SSSR count). The van der Waals surface area contributed by atoms with Crippen molar-refractivity contribution < 1.29 is 14.7 Å². The zero-order chi connectivity index (χ0) is 14.3. The van der Waals surface area contributed by atoms with Crippen molar-refractivity contribution in [2.45, 2.75) is 33.1 Å². The van der Waals surface area contributed by atoms with Gasteiger partial charge in [-0.25, -0.2) is 0 Å². The van der Waals surface area contributed by atoms with Gasteiger partial charge in [-0.05, 0) is 18.6 Å². The van der Waals surface area contributed by atoms with Gasteiger partial charge >= 0.3 is 5.97 Å². The SMILES string of the molecule is CCCCC(=O)N(CC(C)C(=O)O)c1ccccc1. The number of rotatable bonds is 7. The molecular weight excluding hydrogens is 242 g/mol. The van der Waals surface area contributed by atoms with Crippen LogP contribution in [-0.2, 0) is 9.59 Å². The lowest BCUT2D eigenvalue weighted by Crippen LogP contribution is -2.36. The number of carbonyl (C=O) groups excluding carboxylic acids is 1. The Bertz CT molecular complexity index is 417. The van der Waals surface area contributed by atoms with E-state index in [0.717, 1.165) is 18.5 Å². The van der Waals surface area contributed by atoms with Crippen LogP contribution in [0.2, 0.25) is 0 Å². The van der Waals surface area contributed by atoms with Crippen molar-refractivity contribution in [3.05, 3.63) is 30.3 Å². The molecule has 1 N–H and O–H groups in total. The highest BCUT2D eigenvalue weighted by molar-refractivity contribution is 5.93. The van der Waals surface area contributed by atoms with Gasteiger partial charge in [-0.3, -0.25) is 9.59 Å². The smallest absolute Gasteiger partial charge is 0.308 e. The van der Waals surface area contributed by atoms with Crippen molar-refractivity contribution in [1.82, 2.24) is 0 Å². The van der Waals surface area contributed by atoms with E-state index in [1.165, 1.54) is 0 Å². The van der Waals surface area contributed by atoms with Gasteiger partial charge in [0.05, 0.1) is 5.92 Å². The Hall–Kier alpha value is -1.84. The second kappa shape index (κ2) is 7.56. The molecule has 104 valence electrons. The van der Waals surface area contributed by atoms with E-state index in [1.54, 1.807) is 11.8 Å². The van der Waals surface area contributed by atoms with E-state index in [9.17, 15) is 9.59 Å². The molecule has 0 radical (unpaired) electrons. The van der Waals surface area contributed by atoms with E-state index >= 15 is 0 Å². The van der Waals surface area contributed by atoms with Gasteiger partial charge in [0.1, 0.15) is 0 Å². The molecule has 1 aromatic carbocycles. The predicted molar refractivity (Wildman–Crippen MR) is 75.1 cm³/mol. The summed E-state index contributed by atoms with van der Waals surface area (Å²) in [5.41, 5.74) is 0.761. The summed E-state index contributed by atoms with van der Waals surface area (Å²) in [7, 11) is 0. The number of carbonyl (C=O) groups is 2. The lowest BCUT2D eigenvalue weighted by atomic mass is 10.1. The topological polar surface area (TPSA) is 57.6 Å². The average Bonchev–Trinajstić information content (AvgIpc) is 2.42. The first-order valence-corrected chi connectivity index (χ1v) is 6.64. The Morgan fingerprint density at radius 1 is 1.26 bits per heavy atom. The molecule has 1 aromatic rings. The molecule has 1 atom stereocenters. The van der Waals surface area contributed by atoms with Crippen molar-refractivity contribution >= 4 is 17.6 Å². The van der Waals surface area contributed by atoms with Crippen molar-refractivity contribution in [3.8, 4) is 0 Å². The molecule has 0 aromatic heterocycles. The van der Waals surface area contributed by atoms with E-state index in [4.69, 9.17) is 5.11 Å². The number of amides is 1. The summed E-state index contributed by atoms with van der Waals surface area (Å²) >= 11 is 0. The molecule has 4 nitrogen and oxygen atoms in total. The summed E-state index contributed by atoms with van der Waals surface area (Å²) in [6, 6.07) is 9.23. The summed E-state index contributed by atoms with van der Waals surface area (Å²) in [6.07, 6.45) is 2.23. The first kappa shape index (κ1) is 15.2. The molecule has 0 fully saturated rings. The molecule has 0 aliphatic rings. The van der Waals surface area contributed by atoms with Gasteiger partial charge in [0, 0.05) is 18.7 Å². The standard InChI is InChI=1S/C15H21NO3/c1-3-4-10-14(17)16(11-12(2)15(18)19)13-8-6-5-7-9-13/h5-9,12H,3-4,10-11H2,1-2H3,(H,18,19). The highest BCUT2D eigenvalue weighted by atomic mass is 16.4. The molecule has 0 saturated heterocycles. The van der Waals surface area contributed by atoms with Crippen LogP contribution in [0.4, 0.5) is 5.69 Å². The monoisotopic (exact) mass is 263 g/mol. The van der Waals surface area contributed by atoms with Crippen LogP contribution >= 0.6 is 0 Å². The zero-order valence-electron chi connectivity index (χ0n) is 11.5. The van der Waals surface area contributed by atoms with Crippen molar-refractivity contribution in [2.75, 3.05) is 11.4 Å². The lowest BCUT2D eigenvalue weighted by molar-refractivity contribution is -0.140. The number of benzene rings is 1. The van der Waals surface area contributed by atoms with Gasteiger partial charge in [0.2, 0.25) is 5.91 Å². The van der Waals surface area contributed by atoms with Gasteiger partial charge in [-0.1, -0.05) is 38.5 Å². The van der Waals surface area contributed by atoms with Crippen LogP contribution in [0.1, 0.15) is 33.1 Å².